The maximum absolute atomic E-state index is 2.72. The Morgan fingerprint density at radius 3 is 0.761 bits per heavy atom. The average molecular weight is 645 g/mol. The van der Waals surface area contributed by atoms with Gasteiger partial charge in [0.2, 0.25) is 0 Å². The van der Waals surface area contributed by atoms with Crippen LogP contribution < -0.4 is 0 Å². The molecule has 0 amide bonds. The van der Waals surface area contributed by atoms with Gasteiger partial charge in [-0.25, -0.2) is 0 Å². The van der Waals surface area contributed by atoms with Crippen LogP contribution in [0.25, 0.3) is 0 Å². The highest BCUT2D eigenvalue weighted by atomic mass is 15.4. The van der Waals surface area contributed by atoms with Crippen molar-refractivity contribution in [2.45, 2.75) is 258 Å². The highest BCUT2D eigenvalue weighted by Gasteiger charge is 2.24. The van der Waals surface area contributed by atoms with E-state index in [-0.39, 0.29) is 0 Å². The largest absolute Gasteiger partial charge is 0.356 e. The number of hydrogen-bond donors (Lipinski definition) is 0. The van der Waals surface area contributed by atoms with Gasteiger partial charge in [-0.15, -0.1) is 0 Å². The highest BCUT2D eigenvalue weighted by Crippen LogP contribution is 2.24. The van der Waals surface area contributed by atoms with Crippen LogP contribution >= 0.6 is 0 Å². The lowest BCUT2D eigenvalue weighted by Crippen LogP contribution is -2.39. The van der Waals surface area contributed by atoms with Gasteiger partial charge in [-0.1, -0.05) is 226 Å². The van der Waals surface area contributed by atoms with Gasteiger partial charge in [0.05, 0.1) is 0 Å². The van der Waals surface area contributed by atoms with Crippen LogP contribution in [-0.2, 0) is 0 Å². The van der Waals surface area contributed by atoms with Crippen molar-refractivity contribution in [1.29, 1.82) is 0 Å². The maximum atomic E-state index is 2.72. The molecule has 0 atom stereocenters. The van der Waals surface area contributed by atoms with E-state index in [4.69, 9.17) is 0 Å². The smallest absolute Gasteiger partial charge is 0.101 e. The molecule has 1 aliphatic heterocycles. The fourth-order valence-corrected chi connectivity index (χ4v) is 7.60. The third kappa shape index (κ3) is 27.3. The fourth-order valence-electron chi connectivity index (χ4n) is 7.60. The van der Waals surface area contributed by atoms with Gasteiger partial charge in [0.15, 0.2) is 0 Å². The minimum atomic E-state index is 0.639. The first-order chi connectivity index (χ1) is 22.8. The molecule has 0 aromatic heterocycles. The average Bonchev–Trinajstić information content (AvgIpc) is 3.45. The summed E-state index contributed by atoms with van der Waals surface area (Å²) in [5.41, 5.74) is 0. The first-order valence-electron chi connectivity index (χ1n) is 22.0. The van der Waals surface area contributed by atoms with Crippen molar-refractivity contribution in [3.8, 4) is 0 Å². The monoisotopic (exact) mass is 645 g/mol. The SMILES string of the molecule is CCCCCCCCCCCCCCCCCN1C=CN(CCCCCCCCCCCCCCCCC)C1CCCCCCC. The zero-order valence-corrected chi connectivity index (χ0v) is 32.5. The minimum Gasteiger partial charge on any atom is -0.356 e. The van der Waals surface area contributed by atoms with E-state index in [9.17, 15) is 0 Å². The molecule has 0 aliphatic carbocycles. The van der Waals surface area contributed by atoms with Crippen LogP contribution in [0.15, 0.2) is 12.4 Å². The summed E-state index contributed by atoms with van der Waals surface area (Å²) in [5.74, 6) is 0. The summed E-state index contributed by atoms with van der Waals surface area (Å²) >= 11 is 0. The number of unbranched alkanes of at least 4 members (excludes halogenated alkanes) is 32. The number of hydrogen-bond acceptors (Lipinski definition) is 2. The second kappa shape index (κ2) is 35.6. The van der Waals surface area contributed by atoms with Crippen molar-refractivity contribution >= 4 is 0 Å². The molecule has 0 spiro atoms. The molecule has 1 heterocycles. The summed E-state index contributed by atoms with van der Waals surface area (Å²) in [7, 11) is 0. The summed E-state index contributed by atoms with van der Waals surface area (Å²) < 4.78 is 0. The zero-order valence-electron chi connectivity index (χ0n) is 32.5. The van der Waals surface area contributed by atoms with Crippen molar-refractivity contribution in [1.82, 2.24) is 9.80 Å². The van der Waals surface area contributed by atoms with Crippen molar-refractivity contribution in [2.24, 2.45) is 0 Å². The molecule has 0 radical (unpaired) electrons. The predicted octanol–water partition coefficient (Wildman–Crippen LogP) is 15.5. The zero-order chi connectivity index (χ0) is 33.0. The Kier molecular flexibility index (Phi) is 33.6. The summed E-state index contributed by atoms with van der Waals surface area (Å²) in [5, 5.41) is 0. The normalized spacial score (nSPS) is 13.5. The van der Waals surface area contributed by atoms with Crippen LogP contribution in [0.2, 0.25) is 0 Å². The van der Waals surface area contributed by atoms with Gasteiger partial charge in [0.25, 0.3) is 0 Å². The Labute approximate surface area is 292 Å². The molecular formula is C44H88N2. The molecule has 274 valence electrons. The quantitative estimate of drug-likeness (QED) is 0.0617. The third-order valence-corrected chi connectivity index (χ3v) is 10.8. The van der Waals surface area contributed by atoms with Crippen LogP contribution in [0.5, 0.6) is 0 Å². The molecule has 0 saturated carbocycles. The predicted molar refractivity (Wildman–Crippen MR) is 210 cm³/mol. The van der Waals surface area contributed by atoms with Gasteiger partial charge < -0.3 is 9.80 Å². The lowest BCUT2D eigenvalue weighted by Gasteiger charge is -2.33. The van der Waals surface area contributed by atoms with Crippen LogP contribution in [0.1, 0.15) is 252 Å². The van der Waals surface area contributed by atoms with Gasteiger partial charge in [-0.3, -0.25) is 0 Å². The van der Waals surface area contributed by atoms with E-state index in [1.807, 2.05) is 0 Å². The lowest BCUT2D eigenvalue weighted by atomic mass is 10.0. The van der Waals surface area contributed by atoms with E-state index >= 15 is 0 Å². The Hall–Kier alpha value is -0.660. The summed E-state index contributed by atoms with van der Waals surface area (Å²) in [6.07, 6.45) is 57.4. The van der Waals surface area contributed by atoms with Crippen LogP contribution in [0.4, 0.5) is 0 Å². The molecule has 1 aliphatic rings. The molecule has 0 unspecified atom stereocenters. The van der Waals surface area contributed by atoms with E-state index in [1.165, 1.54) is 244 Å². The molecule has 0 bridgehead atoms. The topological polar surface area (TPSA) is 6.48 Å². The van der Waals surface area contributed by atoms with E-state index in [0.717, 1.165) is 0 Å². The summed E-state index contributed by atoms with van der Waals surface area (Å²) in [4.78, 5) is 5.43. The van der Waals surface area contributed by atoms with E-state index < -0.39 is 0 Å². The first-order valence-corrected chi connectivity index (χ1v) is 22.0. The van der Waals surface area contributed by atoms with Crippen molar-refractivity contribution in [3.05, 3.63) is 12.4 Å². The van der Waals surface area contributed by atoms with E-state index in [2.05, 4.69) is 43.0 Å². The standard InChI is InChI=1S/C44H88N2/c1-4-7-10-13-15-17-19-21-23-25-27-29-31-34-37-40-45-42-43-46(44(45)39-36-33-12-9-6-3)41-38-35-32-30-28-26-24-22-20-18-16-14-11-8-5-2/h42-44H,4-41H2,1-3H3. The van der Waals surface area contributed by atoms with Crippen LogP contribution in [-0.4, -0.2) is 29.1 Å². The van der Waals surface area contributed by atoms with Crippen molar-refractivity contribution in [3.63, 3.8) is 0 Å². The molecule has 0 aromatic rings. The highest BCUT2D eigenvalue weighted by molar-refractivity contribution is 4.97. The molecular weight excluding hydrogens is 556 g/mol. The Balaban J connectivity index is 2.08. The second-order valence-corrected chi connectivity index (χ2v) is 15.4. The van der Waals surface area contributed by atoms with E-state index in [0.29, 0.717) is 6.17 Å². The van der Waals surface area contributed by atoms with Crippen molar-refractivity contribution in [2.75, 3.05) is 13.1 Å². The van der Waals surface area contributed by atoms with Gasteiger partial charge in [0.1, 0.15) is 6.17 Å². The third-order valence-electron chi connectivity index (χ3n) is 10.8. The second-order valence-electron chi connectivity index (χ2n) is 15.4. The molecule has 46 heavy (non-hydrogen) atoms. The molecule has 0 N–H and O–H groups in total. The van der Waals surface area contributed by atoms with Gasteiger partial charge in [-0.05, 0) is 25.7 Å². The van der Waals surface area contributed by atoms with Crippen molar-refractivity contribution < 1.29 is 0 Å². The Morgan fingerprint density at radius 2 is 0.500 bits per heavy atom. The fraction of sp³-hybridized carbons (Fsp3) is 0.955. The van der Waals surface area contributed by atoms with Crippen LogP contribution in [0, 0.1) is 0 Å². The van der Waals surface area contributed by atoms with Gasteiger partial charge in [-0.2, -0.15) is 0 Å². The first kappa shape index (κ1) is 43.4. The number of nitrogens with zero attached hydrogens (tertiary/aromatic N) is 2. The number of rotatable bonds is 38. The molecule has 0 aromatic carbocycles. The van der Waals surface area contributed by atoms with Gasteiger partial charge >= 0.3 is 0 Å². The van der Waals surface area contributed by atoms with Gasteiger partial charge in [0, 0.05) is 25.5 Å². The Bertz CT molecular complexity index is 557. The summed E-state index contributed by atoms with van der Waals surface area (Å²) in [6.45, 7) is 9.49. The molecule has 0 fully saturated rings. The molecule has 2 heteroatoms. The molecule has 1 rings (SSSR count). The molecule has 0 saturated heterocycles. The molecule has 2 nitrogen and oxygen atoms in total. The Morgan fingerprint density at radius 1 is 0.283 bits per heavy atom. The van der Waals surface area contributed by atoms with Crippen LogP contribution in [0.3, 0.4) is 0 Å². The van der Waals surface area contributed by atoms with E-state index in [1.54, 1.807) is 0 Å². The summed E-state index contributed by atoms with van der Waals surface area (Å²) in [6, 6.07) is 0. The maximum Gasteiger partial charge on any atom is 0.101 e. The lowest BCUT2D eigenvalue weighted by molar-refractivity contribution is 0.135. The minimum absolute atomic E-state index is 0.639.